The highest BCUT2D eigenvalue weighted by molar-refractivity contribution is 7.98. The van der Waals surface area contributed by atoms with Crippen LogP contribution in [0.1, 0.15) is 19.7 Å². The molecule has 1 heterocycles. The number of phenolic OH excluding ortho intramolecular Hbond substituents is 1. The Morgan fingerprint density at radius 3 is 2.85 bits per heavy atom. The van der Waals surface area contributed by atoms with Gasteiger partial charge in [0.2, 0.25) is 0 Å². The molecule has 0 fully saturated rings. The number of hydrogen-bond donors (Lipinski definition) is 1. The van der Waals surface area contributed by atoms with Crippen molar-refractivity contribution >= 4 is 11.8 Å². The van der Waals surface area contributed by atoms with Crippen LogP contribution in [0.3, 0.4) is 0 Å². The molecule has 0 spiro atoms. The molecule has 20 heavy (non-hydrogen) atoms. The van der Waals surface area contributed by atoms with Crippen LogP contribution in [-0.2, 0) is 5.75 Å². The third kappa shape index (κ3) is 3.66. The zero-order valence-corrected chi connectivity index (χ0v) is 12.6. The van der Waals surface area contributed by atoms with Gasteiger partial charge >= 0.3 is 0 Å². The van der Waals surface area contributed by atoms with Crippen molar-refractivity contribution in [1.82, 2.24) is 10.1 Å². The quantitative estimate of drug-likeness (QED) is 0.881. The van der Waals surface area contributed by atoms with Gasteiger partial charge in [-0.15, -0.1) is 0 Å². The predicted molar refractivity (Wildman–Crippen MR) is 79.0 cm³/mol. The fourth-order valence-electron chi connectivity index (χ4n) is 1.63. The van der Waals surface area contributed by atoms with E-state index in [1.807, 2.05) is 0 Å². The number of thioether (sulfide) groups is 1. The fourth-order valence-corrected chi connectivity index (χ4v) is 2.52. The third-order valence-corrected chi connectivity index (χ3v) is 3.95. The average molecular weight is 294 g/mol. The number of hydrogen-bond acceptors (Lipinski definition) is 6. The minimum absolute atomic E-state index is 0.0642. The normalized spacial score (nSPS) is 11.0. The molecule has 0 amide bonds. The molecule has 6 heteroatoms. The minimum atomic E-state index is 0.0642. The van der Waals surface area contributed by atoms with Crippen molar-refractivity contribution in [3.05, 3.63) is 24.0 Å². The minimum Gasteiger partial charge on any atom is -0.507 e. The van der Waals surface area contributed by atoms with Crippen molar-refractivity contribution in [2.45, 2.75) is 19.6 Å². The number of ether oxygens (including phenoxy) is 1. The summed E-state index contributed by atoms with van der Waals surface area (Å²) in [5.41, 5.74) is 0.512. The number of aromatic hydroxyl groups is 1. The smallest absolute Gasteiger partial charge is 0.261 e. The van der Waals surface area contributed by atoms with E-state index in [4.69, 9.17) is 9.26 Å². The number of rotatable bonds is 6. The number of nitrogens with zero attached hydrogens (tertiary/aromatic N) is 2. The number of phenols is 1. The Labute approximate surface area is 122 Å². The fraction of sp³-hybridized carbons (Fsp3) is 0.429. The van der Waals surface area contributed by atoms with Crippen LogP contribution < -0.4 is 4.74 Å². The van der Waals surface area contributed by atoms with E-state index in [0.29, 0.717) is 34.7 Å². The molecule has 5 nitrogen and oxygen atoms in total. The lowest BCUT2D eigenvalue weighted by atomic mass is 10.2. The highest BCUT2D eigenvalue weighted by Gasteiger charge is 2.13. The van der Waals surface area contributed by atoms with Gasteiger partial charge < -0.3 is 14.4 Å². The van der Waals surface area contributed by atoms with Crippen molar-refractivity contribution in [2.24, 2.45) is 5.92 Å². The summed E-state index contributed by atoms with van der Waals surface area (Å²) in [5, 5.41) is 13.8. The molecule has 0 radical (unpaired) electrons. The first-order valence-electron chi connectivity index (χ1n) is 6.38. The van der Waals surface area contributed by atoms with Gasteiger partial charge in [-0.25, -0.2) is 0 Å². The van der Waals surface area contributed by atoms with Gasteiger partial charge in [0.15, 0.2) is 5.82 Å². The summed E-state index contributed by atoms with van der Waals surface area (Å²) < 4.78 is 10.2. The van der Waals surface area contributed by atoms with Gasteiger partial charge in [-0.3, -0.25) is 0 Å². The monoisotopic (exact) mass is 294 g/mol. The largest absolute Gasteiger partial charge is 0.507 e. The molecule has 2 aromatic rings. The van der Waals surface area contributed by atoms with E-state index in [1.165, 1.54) is 6.07 Å². The van der Waals surface area contributed by atoms with Crippen LogP contribution in [0, 0.1) is 5.92 Å². The summed E-state index contributed by atoms with van der Waals surface area (Å²) in [7, 11) is 1.55. The molecule has 108 valence electrons. The van der Waals surface area contributed by atoms with Crippen LogP contribution in [0.2, 0.25) is 0 Å². The molecule has 0 bridgehead atoms. The van der Waals surface area contributed by atoms with Crippen LogP contribution in [0.25, 0.3) is 11.5 Å². The van der Waals surface area contributed by atoms with Crippen LogP contribution in [0.5, 0.6) is 11.5 Å². The van der Waals surface area contributed by atoms with Gasteiger partial charge in [-0.05, 0) is 23.8 Å². The Hall–Kier alpha value is -1.69. The molecule has 0 atom stereocenters. The lowest BCUT2D eigenvalue weighted by molar-refractivity contribution is 0.404. The first-order chi connectivity index (χ1) is 9.60. The molecule has 0 aliphatic rings. The highest BCUT2D eigenvalue weighted by atomic mass is 32.2. The highest BCUT2D eigenvalue weighted by Crippen LogP contribution is 2.31. The molecular weight excluding hydrogens is 276 g/mol. The van der Waals surface area contributed by atoms with Gasteiger partial charge in [-0.2, -0.15) is 16.7 Å². The molecule has 2 rings (SSSR count). The van der Waals surface area contributed by atoms with Crippen molar-refractivity contribution in [2.75, 3.05) is 12.9 Å². The van der Waals surface area contributed by atoms with Gasteiger partial charge in [-0.1, -0.05) is 19.0 Å². The summed E-state index contributed by atoms with van der Waals surface area (Å²) in [6.07, 6.45) is 0. The molecular formula is C14H18N2O3S. The van der Waals surface area contributed by atoms with E-state index in [-0.39, 0.29) is 5.75 Å². The lowest BCUT2D eigenvalue weighted by Crippen LogP contribution is -1.92. The Balaban J connectivity index is 2.08. The molecule has 0 saturated carbocycles. The lowest BCUT2D eigenvalue weighted by Gasteiger charge is -2.02. The van der Waals surface area contributed by atoms with Gasteiger partial charge in [0.1, 0.15) is 11.5 Å². The van der Waals surface area contributed by atoms with Gasteiger partial charge in [0, 0.05) is 6.07 Å². The SMILES string of the molecule is COc1ccc(-c2nc(CSCC(C)C)no2)c(O)c1. The van der Waals surface area contributed by atoms with Crippen LogP contribution in [0.15, 0.2) is 22.7 Å². The van der Waals surface area contributed by atoms with E-state index in [2.05, 4.69) is 24.0 Å². The average Bonchev–Trinajstić information content (AvgIpc) is 2.86. The van der Waals surface area contributed by atoms with E-state index in [9.17, 15) is 5.11 Å². The number of benzene rings is 1. The number of methoxy groups -OCH3 is 1. The Bertz CT molecular complexity index is 569. The Morgan fingerprint density at radius 2 is 2.20 bits per heavy atom. The van der Waals surface area contributed by atoms with Crippen LogP contribution in [0.4, 0.5) is 0 Å². The molecule has 1 aromatic heterocycles. The Morgan fingerprint density at radius 1 is 1.40 bits per heavy atom. The maximum Gasteiger partial charge on any atom is 0.261 e. The van der Waals surface area contributed by atoms with E-state index >= 15 is 0 Å². The summed E-state index contributed by atoms with van der Waals surface area (Å²) in [4.78, 5) is 4.29. The second-order valence-electron chi connectivity index (χ2n) is 4.81. The summed E-state index contributed by atoms with van der Waals surface area (Å²) in [6, 6.07) is 4.96. The van der Waals surface area contributed by atoms with E-state index in [1.54, 1.807) is 31.0 Å². The number of aromatic nitrogens is 2. The van der Waals surface area contributed by atoms with E-state index < -0.39 is 0 Å². The van der Waals surface area contributed by atoms with Crippen molar-refractivity contribution in [3.63, 3.8) is 0 Å². The molecule has 0 saturated heterocycles. The van der Waals surface area contributed by atoms with Crippen molar-refractivity contribution in [1.29, 1.82) is 0 Å². The van der Waals surface area contributed by atoms with Crippen molar-refractivity contribution in [3.8, 4) is 23.0 Å². The zero-order valence-electron chi connectivity index (χ0n) is 11.8. The molecule has 1 aromatic carbocycles. The third-order valence-electron chi connectivity index (χ3n) is 2.59. The van der Waals surface area contributed by atoms with Gasteiger partial charge in [0.05, 0.1) is 18.4 Å². The van der Waals surface area contributed by atoms with Crippen molar-refractivity contribution < 1.29 is 14.4 Å². The van der Waals surface area contributed by atoms with Gasteiger partial charge in [0.25, 0.3) is 5.89 Å². The standard InChI is InChI=1S/C14H18N2O3S/c1-9(2)7-20-8-13-15-14(19-16-13)11-5-4-10(18-3)6-12(11)17/h4-6,9,17H,7-8H2,1-3H3. The van der Waals surface area contributed by atoms with Crippen LogP contribution in [-0.4, -0.2) is 28.1 Å². The maximum absolute atomic E-state index is 9.92. The predicted octanol–water partition coefficient (Wildman–Crippen LogP) is 3.34. The van der Waals surface area contributed by atoms with Crippen LogP contribution >= 0.6 is 11.8 Å². The molecule has 0 aliphatic carbocycles. The first kappa shape index (κ1) is 14.7. The second-order valence-corrected chi connectivity index (χ2v) is 5.84. The second kappa shape index (κ2) is 6.65. The molecule has 0 aliphatic heterocycles. The molecule has 0 unspecified atom stereocenters. The van der Waals surface area contributed by atoms with E-state index in [0.717, 1.165) is 5.75 Å². The summed E-state index contributed by atoms with van der Waals surface area (Å²) >= 11 is 1.77. The molecule has 1 N–H and O–H groups in total. The Kier molecular flexibility index (Phi) is 4.89. The first-order valence-corrected chi connectivity index (χ1v) is 7.53. The summed E-state index contributed by atoms with van der Waals surface area (Å²) in [5.74, 6) is 4.01. The maximum atomic E-state index is 9.92. The zero-order chi connectivity index (χ0) is 14.5. The summed E-state index contributed by atoms with van der Waals surface area (Å²) in [6.45, 7) is 4.34. The topological polar surface area (TPSA) is 68.4 Å².